The largest absolute Gasteiger partial charge is 0.475 e. The first-order valence-corrected chi connectivity index (χ1v) is 16.5. The zero-order valence-corrected chi connectivity index (χ0v) is 24.0. The minimum Gasteiger partial charge on any atom is -0.475 e. The summed E-state index contributed by atoms with van der Waals surface area (Å²) in [4.78, 5) is 6.01. The quantitative estimate of drug-likeness (QED) is 0.278. The zero-order chi connectivity index (χ0) is 25.9. The summed E-state index contributed by atoms with van der Waals surface area (Å²) < 4.78 is 7.05. The molecule has 8 aliphatic rings. The van der Waals surface area contributed by atoms with Crippen molar-refractivity contribution < 1.29 is 4.74 Å². The average Bonchev–Trinajstić information content (AvgIpc) is 3.44. The topological polar surface area (TPSA) is 15.7 Å². The predicted molar refractivity (Wildman–Crippen MR) is 159 cm³/mol. The van der Waals surface area contributed by atoms with Crippen LogP contribution in [0.15, 0.2) is 60.3 Å². The van der Waals surface area contributed by atoms with Crippen molar-refractivity contribution in [3.8, 4) is 5.75 Å². The molecule has 0 radical (unpaired) electrons. The Bertz CT molecular complexity index is 1260. The molecule has 0 N–H and O–H groups in total. The van der Waals surface area contributed by atoms with E-state index in [9.17, 15) is 0 Å². The van der Waals surface area contributed by atoms with Crippen molar-refractivity contribution in [1.82, 2.24) is 9.80 Å². The van der Waals surface area contributed by atoms with Crippen molar-refractivity contribution in [2.45, 2.75) is 132 Å². The maximum Gasteiger partial charge on any atom is 0.176 e. The van der Waals surface area contributed by atoms with Crippen LogP contribution in [0.1, 0.15) is 95.9 Å². The standard InChI is InChI=1S/C35H45BN2O/c1-34(2)35(21-9-4-10-22-35)25-16-11-17-26-32(25)38(34)28-19-12-18-27-31(28)36(26)30-24-15-7-8-20-29(24)39-33(30)37(27)23-13-5-3-6-14-23/h5,7-8,11,13,15,17,19-20,23,25-27,30-33H,3-4,6,9-10,12,14,16,18,21-22H2,1-2H3. The van der Waals surface area contributed by atoms with E-state index in [0.29, 0.717) is 47.7 Å². The van der Waals surface area contributed by atoms with Crippen molar-refractivity contribution in [2.24, 2.45) is 11.3 Å². The fraction of sp³-hybridized carbons (Fsp3) is 0.657. The van der Waals surface area contributed by atoms with E-state index in [1.807, 2.05) is 0 Å². The molecule has 4 aliphatic carbocycles. The van der Waals surface area contributed by atoms with E-state index in [1.165, 1.54) is 76.2 Å². The zero-order valence-electron chi connectivity index (χ0n) is 24.0. The molecule has 4 heterocycles. The summed E-state index contributed by atoms with van der Waals surface area (Å²) in [5, 5.41) is 0. The molecule has 1 saturated carbocycles. The molecule has 204 valence electrons. The summed E-state index contributed by atoms with van der Waals surface area (Å²) >= 11 is 0. The summed E-state index contributed by atoms with van der Waals surface area (Å²) in [5.74, 6) is 3.64. The van der Waals surface area contributed by atoms with E-state index in [-0.39, 0.29) is 11.8 Å². The molecule has 1 aromatic carbocycles. The van der Waals surface area contributed by atoms with E-state index < -0.39 is 0 Å². The monoisotopic (exact) mass is 520 g/mol. The van der Waals surface area contributed by atoms with Gasteiger partial charge in [-0.25, -0.2) is 0 Å². The number of rotatable bonds is 1. The molecule has 8 atom stereocenters. The lowest BCUT2D eigenvalue weighted by atomic mass is 9.21. The van der Waals surface area contributed by atoms with Crippen molar-refractivity contribution in [1.29, 1.82) is 0 Å². The molecule has 4 heteroatoms. The first-order chi connectivity index (χ1) is 19.1. The third-order valence-electron chi connectivity index (χ3n) is 13.4. The van der Waals surface area contributed by atoms with Gasteiger partial charge in [-0.1, -0.05) is 67.8 Å². The van der Waals surface area contributed by atoms with Gasteiger partial charge in [-0.15, -0.1) is 0 Å². The van der Waals surface area contributed by atoms with Gasteiger partial charge in [0.05, 0.1) is 0 Å². The smallest absolute Gasteiger partial charge is 0.176 e. The predicted octanol–water partition coefficient (Wildman–Crippen LogP) is 7.74. The van der Waals surface area contributed by atoms with Gasteiger partial charge in [0.2, 0.25) is 0 Å². The summed E-state index contributed by atoms with van der Waals surface area (Å²) in [6, 6.07) is 10.9. The van der Waals surface area contributed by atoms with Crippen LogP contribution in [0.2, 0.25) is 11.6 Å². The molecule has 0 amide bonds. The molecule has 39 heavy (non-hydrogen) atoms. The molecule has 0 bridgehead atoms. The Hall–Kier alpha value is -1.94. The van der Waals surface area contributed by atoms with Crippen LogP contribution in [0.3, 0.4) is 0 Å². The number of fused-ring (bicyclic) bond motifs is 7. The van der Waals surface area contributed by atoms with Crippen molar-refractivity contribution in [3.05, 3.63) is 65.9 Å². The van der Waals surface area contributed by atoms with Gasteiger partial charge in [-0.05, 0) is 99.8 Å². The van der Waals surface area contributed by atoms with Crippen molar-refractivity contribution >= 4 is 6.71 Å². The van der Waals surface area contributed by atoms with Gasteiger partial charge < -0.3 is 9.64 Å². The second-order valence-corrected chi connectivity index (χ2v) is 14.8. The second-order valence-electron chi connectivity index (χ2n) is 14.8. The summed E-state index contributed by atoms with van der Waals surface area (Å²) in [6.45, 7) is 5.97. The highest BCUT2D eigenvalue weighted by Crippen LogP contribution is 2.71. The van der Waals surface area contributed by atoms with Gasteiger partial charge in [0.25, 0.3) is 0 Å². The average molecular weight is 521 g/mol. The van der Waals surface area contributed by atoms with Gasteiger partial charge in [-0.2, -0.15) is 0 Å². The van der Waals surface area contributed by atoms with E-state index in [0.717, 1.165) is 11.7 Å². The molecule has 3 saturated heterocycles. The number of allylic oxidation sites excluding steroid dienone is 3. The third kappa shape index (κ3) is 2.90. The minimum atomic E-state index is 0.180. The number of para-hydroxylation sites is 1. The first-order valence-electron chi connectivity index (χ1n) is 16.5. The number of ether oxygens (including phenoxy) is 1. The lowest BCUT2D eigenvalue weighted by Crippen LogP contribution is -2.69. The lowest BCUT2D eigenvalue weighted by molar-refractivity contribution is -0.0425. The fourth-order valence-corrected chi connectivity index (χ4v) is 12.1. The highest BCUT2D eigenvalue weighted by atomic mass is 16.5. The normalized spacial score (nSPS) is 42.4. The van der Waals surface area contributed by atoms with Crippen LogP contribution >= 0.6 is 0 Å². The fourth-order valence-electron chi connectivity index (χ4n) is 12.1. The van der Waals surface area contributed by atoms with Crippen LogP contribution in [-0.4, -0.2) is 46.4 Å². The Morgan fingerprint density at radius 1 is 0.923 bits per heavy atom. The van der Waals surface area contributed by atoms with E-state index in [4.69, 9.17) is 4.74 Å². The Morgan fingerprint density at radius 2 is 1.79 bits per heavy atom. The molecule has 1 spiro atoms. The van der Waals surface area contributed by atoms with E-state index in [2.05, 4.69) is 78.3 Å². The van der Waals surface area contributed by atoms with Crippen LogP contribution in [0, 0.1) is 11.3 Å². The van der Waals surface area contributed by atoms with E-state index in [1.54, 1.807) is 5.70 Å². The lowest BCUT2D eigenvalue weighted by Gasteiger charge is -2.63. The number of benzene rings is 1. The summed E-state index contributed by atoms with van der Waals surface area (Å²) in [7, 11) is 0. The maximum atomic E-state index is 7.05. The van der Waals surface area contributed by atoms with Gasteiger partial charge in [0, 0.05) is 35.2 Å². The highest BCUT2D eigenvalue weighted by molar-refractivity contribution is 6.66. The molecule has 4 fully saturated rings. The van der Waals surface area contributed by atoms with Crippen molar-refractivity contribution in [2.75, 3.05) is 0 Å². The van der Waals surface area contributed by atoms with Crippen LogP contribution in [0.25, 0.3) is 0 Å². The van der Waals surface area contributed by atoms with Crippen LogP contribution in [-0.2, 0) is 0 Å². The number of hydrogen-bond acceptors (Lipinski definition) is 3. The van der Waals surface area contributed by atoms with E-state index >= 15 is 0 Å². The van der Waals surface area contributed by atoms with Crippen molar-refractivity contribution in [3.63, 3.8) is 0 Å². The highest BCUT2D eigenvalue weighted by Gasteiger charge is 2.72. The maximum absolute atomic E-state index is 7.05. The summed E-state index contributed by atoms with van der Waals surface area (Å²) in [5.41, 5.74) is 3.92. The second kappa shape index (κ2) is 8.31. The Kier molecular flexibility index (Phi) is 5.06. The van der Waals surface area contributed by atoms with Crippen LogP contribution in [0.5, 0.6) is 5.75 Å². The Balaban J connectivity index is 1.25. The SMILES string of the molecule is CC1(C)N2C3=CCCC4C3B(C3C=CCC(C32)C12CCCCC2)C1c2ccccc2OC1N4C1C=CCCC1. The Labute approximate surface area is 235 Å². The van der Waals surface area contributed by atoms with Gasteiger partial charge in [0.15, 0.2) is 12.9 Å². The molecule has 4 aliphatic heterocycles. The molecule has 8 unspecified atom stereocenters. The van der Waals surface area contributed by atoms with Gasteiger partial charge in [0.1, 0.15) is 5.75 Å². The summed E-state index contributed by atoms with van der Waals surface area (Å²) in [6.07, 6.45) is 28.0. The molecule has 1 aromatic rings. The van der Waals surface area contributed by atoms with Crippen LogP contribution < -0.4 is 4.74 Å². The first kappa shape index (κ1) is 23.7. The Morgan fingerprint density at radius 3 is 2.64 bits per heavy atom. The molecular weight excluding hydrogens is 475 g/mol. The van der Waals surface area contributed by atoms with Gasteiger partial charge in [-0.3, -0.25) is 4.90 Å². The number of nitrogens with zero attached hydrogens (tertiary/aromatic N) is 2. The minimum absolute atomic E-state index is 0.180. The number of hydrogen-bond donors (Lipinski definition) is 0. The van der Waals surface area contributed by atoms with Gasteiger partial charge >= 0.3 is 0 Å². The molecular formula is C35H45BN2O. The van der Waals surface area contributed by atoms with Crippen LogP contribution in [0.4, 0.5) is 0 Å². The third-order valence-corrected chi connectivity index (χ3v) is 13.4. The molecule has 3 nitrogen and oxygen atoms in total. The molecule has 9 rings (SSSR count). The molecule has 0 aromatic heterocycles.